The number of pyridine rings is 1. The summed E-state index contributed by atoms with van der Waals surface area (Å²) in [5.41, 5.74) is 19.5. The summed E-state index contributed by atoms with van der Waals surface area (Å²) in [5, 5.41) is 4.58. The van der Waals surface area contributed by atoms with E-state index in [-0.39, 0.29) is 12.3 Å². The van der Waals surface area contributed by atoms with Crippen molar-refractivity contribution >= 4 is 60.8 Å². The van der Waals surface area contributed by atoms with Gasteiger partial charge in [0, 0.05) is 95.0 Å². The van der Waals surface area contributed by atoms with Gasteiger partial charge in [0.1, 0.15) is 36.1 Å². The summed E-state index contributed by atoms with van der Waals surface area (Å²) in [7, 11) is 6.62. The third kappa shape index (κ3) is 6.57. The van der Waals surface area contributed by atoms with E-state index >= 15 is 0 Å². The largest absolute Gasteiger partial charge is 0.456 e. The molecule has 0 radical (unpaired) electrons. The molecule has 1 fully saturated rings. The standard InChI is InChI=1S/C62H58N5O2/c1-38-14-8-9-15-44(38)53-32-43(42-21-22-48-47-18-12-13-19-55(47)68-56(48)35-42)33-54(65(53)7)46-17-11-10-16-45(46)51-37-58-63(5)28-31-67(58)59-39(2)52(66-30-29-64(6)61(51)66)36-50-49-23-20-41(34-57(49)69-60(50)59)40-24-26-62(3,4)27-25-40/h8-23,28-37,40,58,61H,24-27H2,1-7H3/q+1/b51-37-. The minimum atomic E-state index is -0.135. The minimum absolute atomic E-state index is 0.119. The van der Waals surface area contributed by atoms with Crippen molar-refractivity contribution < 1.29 is 13.4 Å². The van der Waals surface area contributed by atoms with Crippen LogP contribution in [0.1, 0.15) is 67.7 Å². The van der Waals surface area contributed by atoms with Crippen LogP contribution in [0.3, 0.4) is 0 Å². The second-order valence-corrected chi connectivity index (χ2v) is 20.9. The maximum absolute atomic E-state index is 7.10. The quantitative estimate of drug-likeness (QED) is 0.160. The number of furan rings is 2. The van der Waals surface area contributed by atoms with Gasteiger partial charge in [0.15, 0.2) is 5.58 Å². The zero-order valence-electron chi connectivity index (χ0n) is 40.6. The number of anilines is 2. The van der Waals surface area contributed by atoms with Crippen molar-refractivity contribution in [3.05, 3.63) is 181 Å². The van der Waals surface area contributed by atoms with Crippen molar-refractivity contribution in [3.8, 4) is 33.6 Å². The molecule has 4 aliphatic rings. The molecule has 9 aromatic rings. The molecule has 2 bridgehead atoms. The lowest BCUT2D eigenvalue weighted by Crippen LogP contribution is -2.40. The highest BCUT2D eigenvalue weighted by atomic mass is 16.3. The molecule has 2 unspecified atom stereocenters. The molecule has 1 saturated carbocycles. The number of rotatable bonds is 5. The summed E-state index contributed by atoms with van der Waals surface area (Å²) in [6.07, 6.45) is 16.2. The first-order chi connectivity index (χ1) is 33.5. The Morgan fingerprint density at radius 1 is 0.580 bits per heavy atom. The van der Waals surface area contributed by atoms with Gasteiger partial charge in [0.2, 0.25) is 11.4 Å². The number of aromatic nitrogens is 1. The van der Waals surface area contributed by atoms with Crippen LogP contribution < -0.4 is 14.4 Å². The van der Waals surface area contributed by atoms with Gasteiger partial charge in [-0.1, -0.05) is 86.6 Å². The molecule has 3 aliphatic heterocycles. The fraction of sp³-hybridized carbons (Fsp3) is 0.242. The van der Waals surface area contributed by atoms with E-state index in [1.54, 1.807) is 0 Å². The normalized spacial score (nSPS) is 19.7. The number of hydrogen-bond donors (Lipinski definition) is 0. The Hall–Kier alpha value is -7.51. The molecule has 2 atom stereocenters. The topological polar surface area (TPSA) is 43.1 Å². The van der Waals surface area contributed by atoms with Gasteiger partial charge in [-0.25, -0.2) is 0 Å². The lowest BCUT2D eigenvalue weighted by Gasteiger charge is -2.34. The smallest absolute Gasteiger partial charge is 0.213 e. The van der Waals surface area contributed by atoms with Crippen molar-refractivity contribution in [3.63, 3.8) is 0 Å². The third-order valence-electron chi connectivity index (χ3n) is 16.2. The Morgan fingerprint density at radius 3 is 2.04 bits per heavy atom. The van der Waals surface area contributed by atoms with Crippen molar-refractivity contribution in [2.45, 2.75) is 71.6 Å². The summed E-state index contributed by atoms with van der Waals surface area (Å²) in [6, 6.07) is 46.9. The molecule has 6 heterocycles. The molecule has 69 heavy (non-hydrogen) atoms. The van der Waals surface area contributed by atoms with Crippen LogP contribution in [0, 0.1) is 19.3 Å². The van der Waals surface area contributed by atoms with Gasteiger partial charge in [0.05, 0.1) is 11.3 Å². The second-order valence-electron chi connectivity index (χ2n) is 20.9. The number of aryl methyl sites for hydroxylation is 1. The van der Waals surface area contributed by atoms with Crippen LogP contribution in [0.15, 0.2) is 167 Å². The van der Waals surface area contributed by atoms with Crippen LogP contribution in [0.2, 0.25) is 0 Å². The zero-order chi connectivity index (χ0) is 46.9. The van der Waals surface area contributed by atoms with E-state index in [0.29, 0.717) is 11.3 Å². The molecule has 0 saturated heterocycles. The van der Waals surface area contributed by atoms with Gasteiger partial charge in [-0.2, -0.15) is 4.57 Å². The molecule has 0 amide bonds. The monoisotopic (exact) mass is 904 g/mol. The van der Waals surface area contributed by atoms with Crippen LogP contribution in [-0.4, -0.2) is 36.2 Å². The fourth-order valence-electron chi connectivity index (χ4n) is 12.2. The molecule has 0 N–H and O–H groups in total. The number of benzene rings is 6. The Balaban J connectivity index is 0.988. The first-order valence-electron chi connectivity index (χ1n) is 24.7. The van der Waals surface area contributed by atoms with E-state index in [4.69, 9.17) is 8.83 Å². The lowest BCUT2D eigenvalue weighted by molar-refractivity contribution is -0.649. The van der Waals surface area contributed by atoms with Gasteiger partial charge in [-0.15, -0.1) is 0 Å². The Kier molecular flexibility index (Phi) is 9.36. The van der Waals surface area contributed by atoms with Crippen LogP contribution in [0.5, 0.6) is 0 Å². The molecule has 6 aromatic carbocycles. The van der Waals surface area contributed by atoms with E-state index in [0.717, 1.165) is 72.3 Å². The average Bonchev–Trinajstić information content (AvgIpc) is 4.12. The van der Waals surface area contributed by atoms with Crippen molar-refractivity contribution in [2.24, 2.45) is 12.5 Å². The summed E-state index contributed by atoms with van der Waals surface area (Å²) >= 11 is 0. The highest BCUT2D eigenvalue weighted by Gasteiger charge is 2.39. The maximum atomic E-state index is 7.10. The van der Waals surface area contributed by atoms with Gasteiger partial charge >= 0.3 is 0 Å². The van der Waals surface area contributed by atoms with E-state index in [1.807, 2.05) is 6.07 Å². The Bertz CT molecular complexity index is 3670. The third-order valence-corrected chi connectivity index (χ3v) is 16.2. The van der Waals surface area contributed by atoms with Crippen LogP contribution in [0.4, 0.5) is 11.4 Å². The van der Waals surface area contributed by atoms with Gasteiger partial charge in [-0.3, -0.25) is 0 Å². The van der Waals surface area contributed by atoms with E-state index in [2.05, 4.69) is 225 Å². The molecular weight excluding hydrogens is 847 g/mol. The lowest BCUT2D eigenvalue weighted by atomic mass is 9.71. The summed E-state index contributed by atoms with van der Waals surface area (Å²) in [5.74, 6) is 0.570. The SMILES string of the molecule is Cc1ccccc1-c1cc(-c2ccc3c(c2)oc2ccccc23)cc(-c2ccccc2/C2=C/C3N(C)C=CN3c3c(C)c(cc4c3oc3cc(C5CCC(C)(C)CC5)ccc34)N3C=CN(C)C23)[n+]1C. The number of likely N-dealkylation sites (N-methyl/N-ethyl adjacent to an activating group) is 2. The summed E-state index contributed by atoms with van der Waals surface area (Å²) < 4.78 is 16.0. The molecule has 0 spiro atoms. The number of nitrogens with zero attached hydrogens (tertiary/aromatic N) is 5. The number of para-hydroxylation sites is 1. The van der Waals surface area contributed by atoms with Crippen LogP contribution in [0.25, 0.3) is 83.1 Å². The molecule has 342 valence electrons. The predicted molar refractivity (Wildman–Crippen MR) is 284 cm³/mol. The molecule has 7 nitrogen and oxygen atoms in total. The van der Waals surface area contributed by atoms with Crippen molar-refractivity contribution in [2.75, 3.05) is 23.9 Å². The van der Waals surface area contributed by atoms with Crippen molar-refractivity contribution in [1.82, 2.24) is 9.80 Å². The second kappa shape index (κ2) is 15.5. The minimum Gasteiger partial charge on any atom is -0.456 e. The van der Waals surface area contributed by atoms with E-state index in [1.165, 1.54) is 70.1 Å². The first-order valence-corrected chi connectivity index (χ1v) is 24.7. The van der Waals surface area contributed by atoms with Crippen molar-refractivity contribution in [1.29, 1.82) is 0 Å². The number of fused-ring (bicyclic) bond motifs is 13. The Labute approximate surface area is 404 Å². The highest BCUT2D eigenvalue weighted by molar-refractivity contribution is 6.12. The van der Waals surface area contributed by atoms with Crippen LogP contribution in [-0.2, 0) is 7.05 Å². The summed E-state index contributed by atoms with van der Waals surface area (Å²) in [6.45, 7) is 9.32. The molecular formula is C62H58N5O2+. The molecule has 7 heteroatoms. The fourth-order valence-corrected chi connectivity index (χ4v) is 12.2. The van der Waals surface area contributed by atoms with Gasteiger partial charge in [-0.05, 0) is 127 Å². The van der Waals surface area contributed by atoms with E-state index in [9.17, 15) is 0 Å². The number of hydrogen-bond acceptors (Lipinski definition) is 6. The van der Waals surface area contributed by atoms with Gasteiger partial charge < -0.3 is 28.4 Å². The Morgan fingerprint density at radius 2 is 1.23 bits per heavy atom. The molecule has 1 aliphatic carbocycles. The molecule has 3 aromatic heterocycles. The molecule has 13 rings (SSSR count). The average molecular weight is 905 g/mol. The predicted octanol–water partition coefficient (Wildman–Crippen LogP) is 14.8. The van der Waals surface area contributed by atoms with Gasteiger partial charge in [0.25, 0.3) is 0 Å². The first kappa shape index (κ1) is 41.7. The summed E-state index contributed by atoms with van der Waals surface area (Å²) in [4.78, 5) is 9.62. The highest BCUT2D eigenvalue weighted by Crippen LogP contribution is 2.50. The zero-order valence-corrected chi connectivity index (χ0v) is 40.6. The van der Waals surface area contributed by atoms with E-state index < -0.39 is 0 Å². The maximum Gasteiger partial charge on any atom is 0.213 e. The van der Waals surface area contributed by atoms with Crippen LogP contribution >= 0.6 is 0 Å².